The first kappa shape index (κ1) is 14.3. The van der Waals surface area contributed by atoms with E-state index >= 15 is 0 Å². The lowest BCUT2D eigenvalue weighted by molar-refractivity contribution is 0.196. The molecule has 114 valence electrons. The number of piperidine rings is 1. The molecule has 5 nitrogen and oxygen atoms in total. The lowest BCUT2D eigenvalue weighted by Gasteiger charge is -2.31. The van der Waals surface area contributed by atoms with Crippen LogP contribution in [0.2, 0.25) is 0 Å². The molecule has 1 saturated heterocycles. The maximum Gasteiger partial charge on any atom is 0.110 e. The minimum Gasteiger partial charge on any atom is -0.346 e. The van der Waals surface area contributed by atoms with Gasteiger partial charge in [0.15, 0.2) is 0 Å². The fourth-order valence-corrected chi connectivity index (χ4v) is 3.18. The van der Waals surface area contributed by atoms with Crippen molar-refractivity contribution in [3.63, 3.8) is 0 Å². The third kappa shape index (κ3) is 3.18. The number of aromatic amines is 1. The third-order valence-corrected chi connectivity index (χ3v) is 4.38. The van der Waals surface area contributed by atoms with Crippen LogP contribution in [0.4, 0.5) is 0 Å². The van der Waals surface area contributed by atoms with E-state index in [0.717, 1.165) is 36.8 Å². The van der Waals surface area contributed by atoms with Crippen LogP contribution in [0.1, 0.15) is 48.5 Å². The van der Waals surface area contributed by atoms with Gasteiger partial charge in [0.1, 0.15) is 5.82 Å². The molecule has 1 fully saturated rings. The van der Waals surface area contributed by atoms with Crippen LogP contribution >= 0.6 is 0 Å². The molecule has 21 heavy (non-hydrogen) atoms. The van der Waals surface area contributed by atoms with E-state index < -0.39 is 0 Å². The summed E-state index contributed by atoms with van der Waals surface area (Å²) in [6, 6.07) is 0. The summed E-state index contributed by atoms with van der Waals surface area (Å²) in [5.41, 5.74) is 3.67. The molecule has 2 aromatic heterocycles. The topological polar surface area (TPSA) is 49.7 Å². The number of aryl methyl sites for hydroxylation is 3. The molecule has 1 atom stereocenters. The van der Waals surface area contributed by atoms with Crippen molar-refractivity contribution in [1.82, 2.24) is 24.6 Å². The zero-order chi connectivity index (χ0) is 14.8. The molecule has 3 rings (SSSR count). The summed E-state index contributed by atoms with van der Waals surface area (Å²) in [5, 5.41) is 4.55. The minimum absolute atomic E-state index is 0.536. The molecule has 0 saturated carbocycles. The Morgan fingerprint density at radius 2 is 2.24 bits per heavy atom. The zero-order valence-corrected chi connectivity index (χ0v) is 13.3. The normalized spacial score (nSPS) is 20.0. The van der Waals surface area contributed by atoms with Gasteiger partial charge in [-0.25, -0.2) is 4.98 Å². The van der Waals surface area contributed by atoms with Gasteiger partial charge in [0.25, 0.3) is 0 Å². The highest BCUT2D eigenvalue weighted by atomic mass is 15.3. The van der Waals surface area contributed by atoms with Gasteiger partial charge >= 0.3 is 0 Å². The van der Waals surface area contributed by atoms with Gasteiger partial charge in [-0.2, -0.15) is 5.10 Å². The van der Waals surface area contributed by atoms with Gasteiger partial charge in [-0.05, 0) is 40.2 Å². The molecular weight excluding hydrogens is 262 g/mol. The summed E-state index contributed by atoms with van der Waals surface area (Å²) in [5.74, 6) is 1.69. The second kappa shape index (κ2) is 6.02. The molecule has 1 aliphatic heterocycles. The monoisotopic (exact) mass is 287 g/mol. The SMILES string of the molecule is CCn1cc(CN2CCC[C@@H](c3ncc(C)[nH]3)C2)c(C)n1. The van der Waals surface area contributed by atoms with Crippen LogP contribution in [-0.2, 0) is 13.1 Å². The van der Waals surface area contributed by atoms with Gasteiger partial charge in [0.2, 0.25) is 0 Å². The first-order chi connectivity index (χ1) is 10.2. The molecule has 3 heterocycles. The van der Waals surface area contributed by atoms with Crippen LogP contribution in [0.25, 0.3) is 0 Å². The molecule has 2 aromatic rings. The van der Waals surface area contributed by atoms with Gasteiger partial charge in [-0.15, -0.1) is 0 Å². The van der Waals surface area contributed by atoms with E-state index in [1.165, 1.54) is 24.9 Å². The molecular formula is C16H25N5. The number of nitrogens with zero attached hydrogens (tertiary/aromatic N) is 4. The van der Waals surface area contributed by atoms with E-state index in [-0.39, 0.29) is 0 Å². The summed E-state index contributed by atoms with van der Waals surface area (Å²) < 4.78 is 2.03. The van der Waals surface area contributed by atoms with Crippen LogP contribution in [0.3, 0.4) is 0 Å². The average molecular weight is 287 g/mol. The number of aromatic nitrogens is 4. The van der Waals surface area contributed by atoms with Gasteiger partial charge < -0.3 is 4.98 Å². The molecule has 0 aliphatic carbocycles. The quantitative estimate of drug-likeness (QED) is 0.940. The van der Waals surface area contributed by atoms with E-state index in [2.05, 4.69) is 46.9 Å². The van der Waals surface area contributed by atoms with Crippen LogP contribution in [-0.4, -0.2) is 37.7 Å². The predicted octanol–water partition coefficient (Wildman–Crippen LogP) is 2.62. The van der Waals surface area contributed by atoms with E-state index in [1.807, 2.05) is 10.9 Å². The van der Waals surface area contributed by atoms with Crippen molar-refractivity contribution < 1.29 is 0 Å². The summed E-state index contributed by atoms with van der Waals surface area (Å²) >= 11 is 0. The number of likely N-dealkylation sites (tertiary alicyclic amines) is 1. The lowest BCUT2D eigenvalue weighted by atomic mass is 9.97. The Morgan fingerprint density at radius 3 is 2.90 bits per heavy atom. The molecule has 1 aliphatic rings. The van der Waals surface area contributed by atoms with Crippen LogP contribution in [0.5, 0.6) is 0 Å². The maximum atomic E-state index is 4.55. The Bertz CT molecular complexity index is 598. The zero-order valence-electron chi connectivity index (χ0n) is 13.3. The summed E-state index contributed by atoms with van der Waals surface area (Å²) in [7, 11) is 0. The van der Waals surface area contributed by atoms with E-state index in [1.54, 1.807) is 0 Å². The molecule has 0 radical (unpaired) electrons. The van der Waals surface area contributed by atoms with Crippen LogP contribution < -0.4 is 0 Å². The highest BCUT2D eigenvalue weighted by molar-refractivity contribution is 5.16. The molecule has 0 spiro atoms. The molecule has 1 N–H and O–H groups in total. The predicted molar refractivity (Wildman–Crippen MR) is 83.2 cm³/mol. The Labute approximate surface area is 126 Å². The molecule has 0 unspecified atom stereocenters. The summed E-state index contributed by atoms with van der Waals surface area (Å²) in [4.78, 5) is 10.5. The number of nitrogens with one attached hydrogen (secondary N) is 1. The Morgan fingerprint density at radius 1 is 1.38 bits per heavy atom. The fourth-order valence-electron chi connectivity index (χ4n) is 3.18. The van der Waals surface area contributed by atoms with Crippen molar-refractivity contribution in [3.05, 3.63) is 35.2 Å². The second-order valence-electron chi connectivity index (χ2n) is 6.12. The Hall–Kier alpha value is -1.62. The number of hydrogen-bond acceptors (Lipinski definition) is 3. The average Bonchev–Trinajstić information content (AvgIpc) is 3.06. The Balaban J connectivity index is 1.67. The molecule has 0 amide bonds. The summed E-state index contributed by atoms with van der Waals surface area (Å²) in [6.07, 6.45) is 6.60. The van der Waals surface area contributed by atoms with E-state index in [0.29, 0.717) is 5.92 Å². The van der Waals surface area contributed by atoms with Crippen molar-refractivity contribution in [2.75, 3.05) is 13.1 Å². The number of hydrogen-bond donors (Lipinski definition) is 1. The van der Waals surface area contributed by atoms with E-state index in [4.69, 9.17) is 0 Å². The minimum atomic E-state index is 0.536. The van der Waals surface area contributed by atoms with Gasteiger partial charge in [0, 0.05) is 49.2 Å². The standard InChI is InChI=1S/C16H25N5/c1-4-21-11-15(13(3)19-21)10-20-7-5-6-14(9-20)16-17-8-12(2)18-16/h8,11,14H,4-7,9-10H2,1-3H3,(H,17,18)/t14-/m1/s1. The smallest absolute Gasteiger partial charge is 0.110 e. The third-order valence-electron chi connectivity index (χ3n) is 4.38. The van der Waals surface area contributed by atoms with Crippen LogP contribution in [0.15, 0.2) is 12.4 Å². The lowest BCUT2D eigenvalue weighted by Crippen LogP contribution is -2.34. The summed E-state index contributed by atoms with van der Waals surface area (Å²) in [6.45, 7) is 10.5. The largest absolute Gasteiger partial charge is 0.346 e. The molecule has 0 aromatic carbocycles. The fraction of sp³-hybridized carbons (Fsp3) is 0.625. The second-order valence-corrected chi connectivity index (χ2v) is 6.12. The first-order valence-corrected chi connectivity index (χ1v) is 7.92. The Kier molecular flexibility index (Phi) is 4.10. The highest BCUT2D eigenvalue weighted by Crippen LogP contribution is 2.26. The first-order valence-electron chi connectivity index (χ1n) is 7.92. The van der Waals surface area contributed by atoms with Crippen molar-refractivity contribution in [3.8, 4) is 0 Å². The highest BCUT2D eigenvalue weighted by Gasteiger charge is 2.24. The molecule has 0 bridgehead atoms. The van der Waals surface area contributed by atoms with Crippen molar-refractivity contribution in [2.45, 2.75) is 52.6 Å². The van der Waals surface area contributed by atoms with Crippen molar-refractivity contribution in [1.29, 1.82) is 0 Å². The van der Waals surface area contributed by atoms with Gasteiger partial charge in [0.05, 0.1) is 5.69 Å². The van der Waals surface area contributed by atoms with Gasteiger partial charge in [-0.1, -0.05) is 0 Å². The number of H-pyrrole nitrogens is 1. The maximum absolute atomic E-state index is 4.55. The molecule has 5 heteroatoms. The number of rotatable bonds is 4. The van der Waals surface area contributed by atoms with Gasteiger partial charge in [-0.3, -0.25) is 9.58 Å². The van der Waals surface area contributed by atoms with Crippen molar-refractivity contribution >= 4 is 0 Å². The van der Waals surface area contributed by atoms with Crippen LogP contribution in [0, 0.1) is 13.8 Å². The number of imidazole rings is 1. The van der Waals surface area contributed by atoms with E-state index in [9.17, 15) is 0 Å². The van der Waals surface area contributed by atoms with Crippen molar-refractivity contribution in [2.24, 2.45) is 0 Å².